The highest BCUT2D eigenvalue weighted by atomic mass is 35.5. The Bertz CT molecular complexity index is 542. The van der Waals surface area contributed by atoms with Gasteiger partial charge in [-0.3, -0.25) is 4.98 Å². The summed E-state index contributed by atoms with van der Waals surface area (Å²) in [4.78, 5) is 4.37. The van der Waals surface area contributed by atoms with E-state index >= 15 is 0 Å². The monoisotopic (exact) mass is 259 g/mol. The molecule has 1 heterocycles. The van der Waals surface area contributed by atoms with Crippen LogP contribution in [0, 0.1) is 24.7 Å². The molecule has 0 spiro atoms. The molecule has 0 radical (unpaired) electrons. The second kappa shape index (κ2) is 6.42. The molecule has 0 N–H and O–H groups in total. The van der Waals surface area contributed by atoms with E-state index in [2.05, 4.69) is 37.3 Å². The summed E-state index contributed by atoms with van der Waals surface area (Å²) in [6.07, 6.45) is 5.57. The number of aromatic nitrogens is 1. The Kier molecular flexibility index (Phi) is 5.19. The Morgan fingerprint density at radius 1 is 1.50 bits per heavy atom. The predicted octanol–water partition coefficient (Wildman–Crippen LogP) is 4.64. The Hall–Kier alpha value is -1.52. The molecule has 1 rings (SSSR count). The summed E-state index contributed by atoms with van der Waals surface area (Å²) >= 11 is 6.21. The average Bonchev–Trinajstić information content (AvgIpc) is 2.33. The van der Waals surface area contributed by atoms with Gasteiger partial charge in [0, 0.05) is 22.4 Å². The summed E-state index contributed by atoms with van der Waals surface area (Å²) in [5.41, 5.74) is 3.80. The highest BCUT2D eigenvalue weighted by molar-refractivity contribution is 6.31. The minimum absolute atomic E-state index is 0.298. The van der Waals surface area contributed by atoms with Gasteiger partial charge < -0.3 is 0 Å². The van der Waals surface area contributed by atoms with Crippen LogP contribution in [0.25, 0.3) is 12.2 Å². The lowest BCUT2D eigenvalue weighted by atomic mass is 10.0. The first-order valence-electron chi connectivity index (χ1n) is 5.93. The zero-order valence-corrected chi connectivity index (χ0v) is 12.1. The minimum atomic E-state index is 0.298. The fourth-order valence-corrected chi connectivity index (χ4v) is 1.69. The topological polar surface area (TPSA) is 12.9 Å². The maximum absolute atomic E-state index is 6.21. The standard InChI is InChI=1S/C16H18ClN/c1-6-8-15-12(5)18-10-13(14(15)7-2)9-16(17)11(3)4/h7,9-11H,2H2,1,3-5H3/b16-9+. The quantitative estimate of drug-likeness (QED) is 0.721. The smallest absolute Gasteiger partial charge is 0.0536 e. The molecule has 0 aromatic carbocycles. The molecule has 0 aliphatic heterocycles. The summed E-state index contributed by atoms with van der Waals surface area (Å²) in [5, 5.41) is 0.805. The first-order chi connectivity index (χ1) is 8.51. The van der Waals surface area contributed by atoms with E-state index < -0.39 is 0 Å². The first-order valence-corrected chi connectivity index (χ1v) is 6.31. The van der Waals surface area contributed by atoms with Gasteiger partial charge in [-0.1, -0.05) is 44.0 Å². The molecule has 0 saturated carbocycles. The molecule has 1 aromatic rings. The van der Waals surface area contributed by atoms with Crippen molar-refractivity contribution in [3.63, 3.8) is 0 Å². The van der Waals surface area contributed by atoms with Gasteiger partial charge in [-0.05, 0) is 25.8 Å². The molecule has 0 atom stereocenters. The lowest BCUT2D eigenvalue weighted by molar-refractivity contribution is 0.818. The van der Waals surface area contributed by atoms with Crippen LogP contribution in [0.3, 0.4) is 0 Å². The van der Waals surface area contributed by atoms with Gasteiger partial charge in [-0.25, -0.2) is 0 Å². The Balaban J connectivity index is 3.46. The van der Waals surface area contributed by atoms with Crippen molar-refractivity contribution in [3.05, 3.63) is 40.2 Å². The highest BCUT2D eigenvalue weighted by Gasteiger charge is 2.08. The number of hydrogen-bond acceptors (Lipinski definition) is 1. The van der Waals surface area contributed by atoms with Crippen molar-refractivity contribution >= 4 is 23.8 Å². The van der Waals surface area contributed by atoms with E-state index in [4.69, 9.17) is 11.6 Å². The second-order valence-corrected chi connectivity index (χ2v) is 4.79. The number of allylic oxidation sites excluding steroid dienone is 1. The molecule has 0 fully saturated rings. The van der Waals surface area contributed by atoms with Crippen LogP contribution in [0.1, 0.15) is 43.2 Å². The van der Waals surface area contributed by atoms with Gasteiger partial charge in [0.05, 0.1) is 11.3 Å². The van der Waals surface area contributed by atoms with E-state index in [0.717, 1.165) is 27.4 Å². The van der Waals surface area contributed by atoms with E-state index in [-0.39, 0.29) is 0 Å². The van der Waals surface area contributed by atoms with Crippen molar-refractivity contribution in [2.75, 3.05) is 0 Å². The Labute approximate surface area is 115 Å². The third-order valence-electron chi connectivity index (χ3n) is 2.64. The fraction of sp³-hybridized carbons (Fsp3) is 0.312. The largest absolute Gasteiger partial charge is 0.260 e. The summed E-state index contributed by atoms with van der Waals surface area (Å²) < 4.78 is 0. The second-order valence-electron chi connectivity index (χ2n) is 4.35. The van der Waals surface area contributed by atoms with E-state index in [1.807, 2.05) is 32.2 Å². The summed E-state index contributed by atoms with van der Waals surface area (Å²) in [6.45, 7) is 11.7. The number of pyridine rings is 1. The van der Waals surface area contributed by atoms with Gasteiger partial charge in [-0.15, -0.1) is 5.92 Å². The zero-order chi connectivity index (χ0) is 13.7. The van der Waals surface area contributed by atoms with Gasteiger partial charge >= 0.3 is 0 Å². The van der Waals surface area contributed by atoms with Crippen molar-refractivity contribution < 1.29 is 0 Å². The molecular weight excluding hydrogens is 242 g/mol. The molecule has 0 unspecified atom stereocenters. The molecule has 0 amide bonds. The maximum atomic E-state index is 6.21. The molecule has 0 aliphatic rings. The van der Waals surface area contributed by atoms with Crippen LogP contribution in [0.15, 0.2) is 17.8 Å². The SMILES string of the molecule is C=Cc1c(/C=C(/Cl)C(C)C)cnc(C)c1C#CC. The van der Waals surface area contributed by atoms with E-state index in [0.29, 0.717) is 5.92 Å². The number of hydrogen-bond donors (Lipinski definition) is 0. The molecule has 94 valence electrons. The predicted molar refractivity (Wildman–Crippen MR) is 80.3 cm³/mol. The van der Waals surface area contributed by atoms with Crippen molar-refractivity contribution in [1.82, 2.24) is 4.98 Å². The van der Waals surface area contributed by atoms with Crippen molar-refractivity contribution in [1.29, 1.82) is 0 Å². The van der Waals surface area contributed by atoms with Crippen LogP contribution in [-0.4, -0.2) is 4.98 Å². The molecule has 18 heavy (non-hydrogen) atoms. The zero-order valence-electron chi connectivity index (χ0n) is 11.3. The van der Waals surface area contributed by atoms with Gasteiger partial charge in [0.25, 0.3) is 0 Å². The molecule has 1 nitrogen and oxygen atoms in total. The number of rotatable bonds is 3. The maximum Gasteiger partial charge on any atom is 0.0536 e. The summed E-state index contributed by atoms with van der Waals surface area (Å²) in [6, 6.07) is 0. The Morgan fingerprint density at radius 2 is 2.17 bits per heavy atom. The number of nitrogens with zero attached hydrogens (tertiary/aromatic N) is 1. The molecule has 0 saturated heterocycles. The fourth-order valence-electron chi connectivity index (χ4n) is 1.57. The number of aryl methyl sites for hydroxylation is 1. The lowest BCUT2D eigenvalue weighted by Gasteiger charge is -2.09. The van der Waals surface area contributed by atoms with Crippen molar-refractivity contribution in [3.8, 4) is 11.8 Å². The normalized spacial score (nSPS) is 11.1. The highest BCUT2D eigenvalue weighted by Crippen LogP contribution is 2.24. The van der Waals surface area contributed by atoms with Gasteiger partial charge in [0.2, 0.25) is 0 Å². The van der Waals surface area contributed by atoms with Crippen molar-refractivity contribution in [2.24, 2.45) is 5.92 Å². The van der Waals surface area contributed by atoms with Crippen LogP contribution >= 0.6 is 11.6 Å². The third-order valence-corrected chi connectivity index (χ3v) is 3.18. The first kappa shape index (κ1) is 14.5. The number of halogens is 1. The van der Waals surface area contributed by atoms with Gasteiger partial charge in [-0.2, -0.15) is 0 Å². The molecule has 2 heteroatoms. The van der Waals surface area contributed by atoms with E-state index in [1.54, 1.807) is 0 Å². The lowest BCUT2D eigenvalue weighted by Crippen LogP contribution is -1.96. The van der Waals surface area contributed by atoms with Crippen LogP contribution in [-0.2, 0) is 0 Å². The Morgan fingerprint density at radius 3 is 2.67 bits per heavy atom. The minimum Gasteiger partial charge on any atom is -0.260 e. The van der Waals surface area contributed by atoms with E-state index in [9.17, 15) is 0 Å². The molecule has 0 bridgehead atoms. The van der Waals surface area contributed by atoms with E-state index in [1.165, 1.54) is 0 Å². The van der Waals surface area contributed by atoms with Crippen molar-refractivity contribution in [2.45, 2.75) is 27.7 Å². The van der Waals surface area contributed by atoms with Gasteiger partial charge in [0.1, 0.15) is 0 Å². The van der Waals surface area contributed by atoms with Crippen LogP contribution in [0.4, 0.5) is 0 Å². The van der Waals surface area contributed by atoms with Crippen LogP contribution in [0.2, 0.25) is 0 Å². The summed E-state index contributed by atoms with van der Waals surface area (Å²) in [7, 11) is 0. The molecule has 1 aromatic heterocycles. The third kappa shape index (κ3) is 3.24. The molecule has 0 aliphatic carbocycles. The average molecular weight is 260 g/mol. The molecular formula is C16H18ClN. The van der Waals surface area contributed by atoms with Crippen LogP contribution in [0.5, 0.6) is 0 Å². The van der Waals surface area contributed by atoms with Crippen LogP contribution < -0.4 is 0 Å². The summed E-state index contributed by atoms with van der Waals surface area (Å²) in [5.74, 6) is 6.29. The van der Waals surface area contributed by atoms with Gasteiger partial charge in [0.15, 0.2) is 0 Å².